The Hall–Kier alpha value is -3.84. The van der Waals surface area contributed by atoms with Crippen molar-refractivity contribution in [3.05, 3.63) is 60.2 Å². The molecule has 0 saturated carbocycles. The molecule has 0 bridgehead atoms. The molecule has 0 fully saturated rings. The van der Waals surface area contributed by atoms with E-state index in [1.54, 1.807) is 37.3 Å². The molecule has 3 rings (SSSR count). The molecule has 3 aromatic rings. The molecule has 1 heterocycles. The third-order valence-corrected chi connectivity index (χ3v) is 4.05. The fourth-order valence-corrected chi connectivity index (χ4v) is 2.67. The maximum Gasteiger partial charge on any atom is 0.573 e. The van der Waals surface area contributed by atoms with Gasteiger partial charge in [0.2, 0.25) is 5.95 Å². The molecule has 160 valence electrons. The van der Waals surface area contributed by atoms with Gasteiger partial charge in [-0.3, -0.25) is 0 Å². The highest BCUT2D eigenvalue weighted by atomic mass is 19.4. The summed E-state index contributed by atoms with van der Waals surface area (Å²) in [5.74, 6) is 0.0757. The number of rotatable bonds is 7. The first kappa shape index (κ1) is 21.9. The fourth-order valence-electron chi connectivity index (χ4n) is 2.67. The van der Waals surface area contributed by atoms with Gasteiger partial charge in [-0.25, -0.2) is 4.98 Å². The van der Waals surface area contributed by atoms with Crippen molar-refractivity contribution in [1.82, 2.24) is 9.97 Å². The first-order valence-electron chi connectivity index (χ1n) is 9.16. The van der Waals surface area contributed by atoms with Crippen molar-refractivity contribution in [2.24, 2.45) is 0 Å². The van der Waals surface area contributed by atoms with Crippen LogP contribution in [0.5, 0.6) is 5.75 Å². The molecular weight excluding hydrogens is 411 g/mol. The number of para-hydroxylation sites is 1. The van der Waals surface area contributed by atoms with Gasteiger partial charge >= 0.3 is 6.36 Å². The number of nitriles is 1. The van der Waals surface area contributed by atoms with Crippen molar-refractivity contribution in [2.45, 2.75) is 19.3 Å². The number of benzene rings is 2. The lowest BCUT2D eigenvalue weighted by Gasteiger charge is -2.15. The first-order valence-corrected chi connectivity index (χ1v) is 9.16. The van der Waals surface area contributed by atoms with Crippen LogP contribution in [-0.4, -0.2) is 34.1 Å². The number of halogens is 3. The van der Waals surface area contributed by atoms with Crippen LogP contribution >= 0.6 is 0 Å². The number of ether oxygens (including phenoxy) is 1. The Bertz CT molecular complexity index is 1100. The molecule has 1 aromatic heterocycles. The van der Waals surface area contributed by atoms with Crippen LogP contribution in [0.25, 0.3) is 11.3 Å². The topological polar surface area (TPSA) is 103 Å². The predicted octanol–water partition coefficient (Wildman–Crippen LogP) is 4.45. The summed E-state index contributed by atoms with van der Waals surface area (Å²) in [6.45, 7) is 1.54. The van der Waals surface area contributed by atoms with Gasteiger partial charge in [-0.15, -0.1) is 13.2 Å². The predicted molar refractivity (Wildman–Crippen MR) is 109 cm³/mol. The zero-order valence-corrected chi connectivity index (χ0v) is 16.3. The van der Waals surface area contributed by atoms with E-state index in [0.717, 1.165) is 0 Å². The van der Waals surface area contributed by atoms with Crippen LogP contribution in [0.4, 0.5) is 30.6 Å². The van der Waals surface area contributed by atoms with Gasteiger partial charge in [0.15, 0.2) is 0 Å². The quantitative estimate of drug-likeness (QED) is 0.510. The maximum atomic E-state index is 12.6. The van der Waals surface area contributed by atoms with Gasteiger partial charge in [0.25, 0.3) is 0 Å². The molecule has 0 radical (unpaired) electrons. The van der Waals surface area contributed by atoms with E-state index in [4.69, 9.17) is 0 Å². The van der Waals surface area contributed by atoms with Gasteiger partial charge in [0, 0.05) is 17.7 Å². The number of nitrogens with zero attached hydrogens (tertiary/aromatic N) is 3. The van der Waals surface area contributed by atoms with Gasteiger partial charge in [-0.05, 0) is 31.2 Å². The van der Waals surface area contributed by atoms with Crippen LogP contribution < -0.4 is 15.4 Å². The number of hydrogen-bond acceptors (Lipinski definition) is 7. The normalized spacial score (nSPS) is 12.0. The van der Waals surface area contributed by atoms with Gasteiger partial charge < -0.3 is 20.5 Å². The summed E-state index contributed by atoms with van der Waals surface area (Å²) in [6.07, 6.45) is -4.82. The largest absolute Gasteiger partial charge is 0.573 e. The second-order valence-corrected chi connectivity index (χ2v) is 6.55. The molecule has 0 spiro atoms. The number of aromatic nitrogens is 2. The van der Waals surface area contributed by atoms with Gasteiger partial charge in [0.1, 0.15) is 17.6 Å². The Morgan fingerprint density at radius 2 is 1.90 bits per heavy atom. The van der Waals surface area contributed by atoms with Crippen molar-refractivity contribution in [1.29, 1.82) is 5.26 Å². The number of alkyl halides is 3. The molecule has 1 atom stereocenters. The molecular formula is C21H18F3N5O2. The van der Waals surface area contributed by atoms with Crippen molar-refractivity contribution >= 4 is 17.5 Å². The second kappa shape index (κ2) is 9.32. The zero-order valence-electron chi connectivity index (χ0n) is 16.3. The Kier molecular flexibility index (Phi) is 6.57. The molecule has 2 aromatic carbocycles. The Morgan fingerprint density at radius 3 is 2.61 bits per heavy atom. The highest BCUT2D eigenvalue weighted by molar-refractivity contribution is 5.70. The summed E-state index contributed by atoms with van der Waals surface area (Å²) in [5.41, 5.74) is 1.57. The molecule has 0 aliphatic carbocycles. The van der Waals surface area contributed by atoms with E-state index in [1.807, 2.05) is 0 Å². The van der Waals surface area contributed by atoms with Crippen LogP contribution in [0.3, 0.4) is 0 Å². The monoisotopic (exact) mass is 429 g/mol. The third kappa shape index (κ3) is 6.07. The highest BCUT2D eigenvalue weighted by Gasteiger charge is 2.31. The minimum Gasteiger partial charge on any atom is -0.406 e. The molecule has 0 unspecified atom stereocenters. The van der Waals surface area contributed by atoms with Gasteiger partial charge in [0.05, 0.1) is 23.6 Å². The van der Waals surface area contributed by atoms with E-state index in [2.05, 4.69) is 31.4 Å². The number of aliphatic hydroxyl groups excluding tert-OH is 1. The zero-order chi connectivity index (χ0) is 22.4. The number of anilines is 3. The number of nitrogens with one attached hydrogen (secondary N) is 2. The van der Waals surface area contributed by atoms with Crippen molar-refractivity contribution in [3.63, 3.8) is 0 Å². The summed E-state index contributed by atoms with van der Waals surface area (Å²) in [7, 11) is 0. The molecule has 10 heteroatoms. The Labute approximate surface area is 176 Å². The van der Waals surface area contributed by atoms with Crippen molar-refractivity contribution in [3.8, 4) is 23.1 Å². The maximum absolute atomic E-state index is 12.6. The number of aliphatic hydroxyl groups is 1. The molecule has 0 amide bonds. The lowest BCUT2D eigenvalue weighted by molar-refractivity contribution is -0.274. The van der Waals surface area contributed by atoms with Crippen LogP contribution in [0.15, 0.2) is 54.6 Å². The molecule has 31 heavy (non-hydrogen) atoms. The summed E-state index contributed by atoms with van der Waals surface area (Å²) < 4.78 is 41.7. The lowest BCUT2D eigenvalue weighted by atomic mass is 10.1. The highest BCUT2D eigenvalue weighted by Crippen LogP contribution is 2.29. The fraction of sp³-hybridized carbons (Fsp3) is 0.190. The summed E-state index contributed by atoms with van der Waals surface area (Å²) in [6, 6.07) is 15.4. The Balaban J connectivity index is 2.02. The number of hydrogen-bond donors (Lipinski definition) is 3. The third-order valence-electron chi connectivity index (χ3n) is 4.05. The molecule has 0 saturated heterocycles. The SMILES string of the molecule is C[C@H](CO)Nc1nc(Nc2ccccc2C#N)cc(-c2cccc(OC(F)(F)F)c2)n1. The second-order valence-electron chi connectivity index (χ2n) is 6.55. The summed E-state index contributed by atoms with van der Waals surface area (Å²) in [5, 5.41) is 24.5. The molecule has 7 nitrogen and oxygen atoms in total. The minimum atomic E-state index is -4.82. The van der Waals surface area contributed by atoms with Crippen LogP contribution in [-0.2, 0) is 0 Å². The Morgan fingerprint density at radius 1 is 1.13 bits per heavy atom. The van der Waals surface area contributed by atoms with E-state index in [-0.39, 0.29) is 24.3 Å². The summed E-state index contributed by atoms with van der Waals surface area (Å²) >= 11 is 0. The molecule has 3 N–H and O–H groups in total. The summed E-state index contributed by atoms with van der Waals surface area (Å²) in [4.78, 5) is 8.67. The minimum absolute atomic E-state index is 0.151. The van der Waals surface area contributed by atoms with Crippen LogP contribution in [0.1, 0.15) is 12.5 Å². The van der Waals surface area contributed by atoms with Gasteiger partial charge in [-0.1, -0.05) is 24.3 Å². The van der Waals surface area contributed by atoms with Crippen LogP contribution in [0.2, 0.25) is 0 Å². The first-order chi connectivity index (χ1) is 14.8. The van der Waals surface area contributed by atoms with E-state index >= 15 is 0 Å². The van der Waals surface area contributed by atoms with E-state index in [0.29, 0.717) is 28.3 Å². The van der Waals surface area contributed by atoms with E-state index in [9.17, 15) is 23.5 Å². The van der Waals surface area contributed by atoms with Crippen molar-refractivity contribution in [2.75, 3.05) is 17.2 Å². The van der Waals surface area contributed by atoms with Gasteiger partial charge in [-0.2, -0.15) is 10.2 Å². The standard InChI is InChI=1S/C21H18F3N5O2/c1-13(12-30)26-20-28-18(14-6-4-7-16(9-14)31-21(22,23)24)10-19(29-20)27-17-8-3-2-5-15(17)11-25/h2-10,13,30H,12H2,1H3,(H2,26,27,28,29)/t13-/m1/s1. The van der Waals surface area contributed by atoms with Crippen molar-refractivity contribution < 1.29 is 23.0 Å². The van der Waals surface area contributed by atoms with E-state index < -0.39 is 6.36 Å². The van der Waals surface area contributed by atoms with Crippen LogP contribution in [0, 0.1) is 11.3 Å². The molecule has 0 aliphatic rings. The smallest absolute Gasteiger partial charge is 0.406 e. The average molecular weight is 429 g/mol. The van der Waals surface area contributed by atoms with E-state index in [1.165, 1.54) is 24.3 Å². The lowest BCUT2D eigenvalue weighted by Crippen LogP contribution is -2.21. The average Bonchev–Trinajstić information content (AvgIpc) is 2.73. The molecule has 0 aliphatic heterocycles.